The van der Waals surface area contributed by atoms with Gasteiger partial charge in [0.1, 0.15) is 6.04 Å². The molecule has 0 aliphatic carbocycles. The third kappa shape index (κ3) is 4.40. The molecule has 0 saturated heterocycles. The number of methoxy groups -OCH3 is 1. The van der Waals surface area contributed by atoms with Gasteiger partial charge in [0, 0.05) is 6.42 Å². The molecule has 62 valence electrons. The van der Waals surface area contributed by atoms with Crippen LogP contribution in [0.5, 0.6) is 0 Å². The van der Waals surface area contributed by atoms with Crippen LogP contribution in [0.4, 0.5) is 0 Å². The first kappa shape index (κ1) is 9.99. The monoisotopic (exact) mass is 155 g/mol. The van der Waals surface area contributed by atoms with Gasteiger partial charge in [-0.2, -0.15) is 0 Å². The minimum Gasteiger partial charge on any atom is -0.468 e. The first-order chi connectivity index (χ1) is 5.22. The zero-order chi connectivity index (χ0) is 8.69. The Bertz CT molecular complexity index is 178. The van der Waals surface area contributed by atoms with Crippen molar-refractivity contribution in [1.82, 2.24) is 0 Å². The zero-order valence-electron chi connectivity index (χ0n) is 6.89. The molecule has 0 fully saturated rings. The summed E-state index contributed by atoms with van der Waals surface area (Å²) in [5.41, 5.74) is 5.43. The summed E-state index contributed by atoms with van der Waals surface area (Å²) >= 11 is 0. The maximum atomic E-state index is 10.7. The van der Waals surface area contributed by atoms with Crippen molar-refractivity contribution >= 4 is 5.97 Å². The van der Waals surface area contributed by atoms with Crippen LogP contribution in [0.2, 0.25) is 0 Å². The summed E-state index contributed by atoms with van der Waals surface area (Å²) < 4.78 is 4.43. The van der Waals surface area contributed by atoms with E-state index in [0.29, 0.717) is 12.8 Å². The van der Waals surface area contributed by atoms with Crippen LogP contribution < -0.4 is 5.73 Å². The van der Waals surface area contributed by atoms with Crippen molar-refractivity contribution < 1.29 is 9.53 Å². The standard InChI is InChI=1S/C8H13NO2/c1-3-4-5-6-7(9)8(10)11-2/h7H,5-6,9H2,1-2H3. The molecule has 0 aliphatic heterocycles. The van der Waals surface area contributed by atoms with Gasteiger partial charge in [-0.25, -0.2) is 0 Å². The van der Waals surface area contributed by atoms with Gasteiger partial charge in [-0.1, -0.05) is 0 Å². The lowest BCUT2D eigenvalue weighted by atomic mass is 10.2. The summed E-state index contributed by atoms with van der Waals surface area (Å²) in [5.74, 6) is 5.17. The first-order valence-corrected chi connectivity index (χ1v) is 3.45. The van der Waals surface area contributed by atoms with E-state index in [1.54, 1.807) is 6.92 Å². The second-order valence-corrected chi connectivity index (χ2v) is 2.10. The van der Waals surface area contributed by atoms with E-state index in [0.717, 1.165) is 0 Å². The van der Waals surface area contributed by atoms with Gasteiger partial charge in [0.2, 0.25) is 0 Å². The maximum absolute atomic E-state index is 10.7. The summed E-state index contributed by atoms with van der Waals surface area (Å²) in [6.07, 6.45) is 1.21. The quantitative estimate of drug-likeness (QED) is 0.471. The molecule has 0 heterocycles. The van der Waals surface area contributed by atoms with E-state index in [1.165, 1.54) is 7.11 Å². The van der Waals surface area contributed by atoms with E-state index in [9.17, 15) is 4.79 Å². The second-order valence-electron chi connectivity index (χ2n) is 2.10. The molecule has 0 aliphatic rings. The largest absolute Gasteiger partial charge is 0.468 e. The fraction of sp³-hybridized carbons (Fsp3) is 0.625. The molecule has 0 saturated carbocycles. The second kappa shape index (κ2) is 5.75. The predicted octanol–water partition coefficient (Wildman–Crippen LogP) is 0.290. The highest BCUT2D eigenvalue weighted by Crippen LogP contribution is 1.94. The zero-order valence-corrected chi connectivity index (χ0v) is 6.89. The van der Waals surface area contributed by atoms with Crippen molar-refractivity contribution in [3.05, 3.63) is 0 Å². The fourth-order valence-corrected chi connectivity index (χ4v) is 0.622. The number of rotatable bonds is 3. The van der Waals surface area contributed by atoms with E-state index in [4.69, 9.17) is 5.73 Å². The lowest BCUT2D eigenvalue weighted by Crippen LogP contribution is -2.31. The van der Waals surface area contributed by atoms with Crippen LogP contribution in [0.3, 0.4) is 0 Å². The summed E-state index contributed by atoms with van der Waals surface area (Å²) in [5, 5.41) is 0. The van der Waals surface area contributed by atoms with Gasteiger partial charge in [-0.15, -0.1) is 11.8 Å². The molecule has 0 aromatic rings. The molecule has 3 heteroatoms. The van der Waals surface area contributed by atoms with Gasteiger partial charge in [0.25, 0.3) is 0 Å². The van der Waals surface area contributed by atoms with Crippen molar-refractivity contribution in [3.8, 4) is 11.8 Å². The van der Waals surface area contributed by atoms with Gasteiger partial charge in [-0.05, 0) is 13.3 Å². The summed E-state index contributed by atoms with van der Waals surface area (Å²) in [6, 6.07) is -0.527. The molecule has 0 radical (unpaired) electrons. The van der Waals surface area contributed by atoms with Gasteiger partial charge in [-0.3, -0.25) is 4.79 Å². The Hall–Kier alpha value is -1.01. The number of hydrogen-bond acceptors (Lipinski definition) is 3. The summed E-state index contributed by atoms with van der Waals surface area (Å²) in [6.45, 7) is 1.75. The van der Waals surface area contributed by atoms with Crippen molar-refractivity contribution in [3.63, 3.8) is 0 Å². The number of esters is 1. The molecule has 3 nitrogen and oxygen atoms in total. The Morgan fingerprint density at radius 3 is 2.82 bits per heavy atom. The average Bonchev–Trinajstić information content (AvgIpc) is 2.03. The molecular formula is C8H13NO2. The predicted molar refractivity (Wildman–Crippen MR) is 42.7 cm³/mol. The van der Waals surface area contributed by atoms with Crippen LogP contribution in [0.25, 0.3) is 0 Å². The Kier molecular flexibility index (Phi) is 5.22. The SMILES string of the molecule is CC#CCCC(N)C(=O)OC. The number of hydrogen-bond donors (Lipinski definition) is 1. The van der Waals surface area contributed by atoms with Crippen LogP contribution >= 0.6 is 0 Å². The summed E-state index contributed by atoms with van der Waals surface area (Å²) in [4.78, 5) is 10.7. The normalized spacial score (nSPS) is 11.2. The average molecular weight is 155 g/mol. The van der Waals surface area contributed by atoms with E-state index >= 15 is 0 Å². The molecule has 0 bridgehead atoms. The molecular weight excluding hydrogens is 142 g/mol. The summed E-state index contributed by atoms with van der Waals surface area (Å²) in [7, 11) is 1.33. The van der Waals surface area contributed by atoms with Crippen LogP contribution in [0.15, 0.2) is 0 Å². The first-order valence-electron chi connectivity index (χ1n) is 3.45. The van der Waals surface area contributed by atoms with Crippen LogP contribution in [-0.2, 0) is 9.53 Å². The van der Waals surface area contributed by atoms with Crippen molar-refractivity contribution in [2.24, 2.45) is 5.73 Å². The molecule has 11 heavy (non-hydrogen) atoms. The number of carbonyl (C=O) groups is 1. The molecule has 0 amide bonds. The molecule has 1 atom stereocenters. The van der Waals surface area contributed by atoms with Gasteiger partial charge >= 0.3 is 5.97 Å². The number of carbonyl (C=O) groups excluding carboxylic acids is 1. The van der Waals surface area contributed by atoms with E-state index in [2.05, 4.69) is 16.6 Å². The van der Waals surface area contributed by atoms with Crippen molar-refractivity contribution in [2.75, 3.05) is 7.11 Å². The lowest BCUT2D eigenvalue weighted by Gasteiger charge is -2.05. The number of nitrogens with two attached hydrogens (primary N) is 1. The van der Waals surface area contributed by atoms with Crippen LogP contribution in [0.1, 0.15) is 19.8 Å². The fourth-order valence-electron chi connectivity index (χ4n) is 0.622. The highest BCUT2D eigenvalue weighted by Gasteiger charge is 2.11. The number of ether oxygens (including phenoxy) is 1. The smallest absolute Gasteiger partial charge is 0.322 e. The molecule has 0 rings (SSSR count). The minimum absolute atomic E-state index is 0.372. The van der Waals surface area contributed by atoms with E-state index in [-0.39, 0.29) is 5.97 Å². The molecule has 0 aromatic carbocycles. The van der Waals surface area contributed by atoms with Crippen molar-refractivity contribution in [1.29, 1.82) is 0 Å². The van der Waals surface area contributed by atoms with E-state index in [1.807, 2.05) is 0 Å². The molecule has 0 aromatic heterocycles. The Morgan fingerprint density at radius 2 is 2.36 bits per heavy atom. The molecule has 1 unspecified atom stereocenters. The third-order valence-electron chi connectivity index (χ3n) is 1.26. The lowest BCUT2D eigenvalue weighted by molar-refractivity contribution is -0.142. The van der Waals surface area contributed by atoms with Gasteiger partial charge < -0.3 is 10.5 Å². The molecule has 2 N–H and O–H groups in total. The Labute approximate surface area is 66.9 Å². The van der Waals surface area contributed by atoms with Gasteiger partial charge in [0.15, 0.2) is 0 Å². The molecule has 0 spiro atoms. The van der Waals surface area contributed by atoms with Gasteiger partial charge in [0.05, 0.1) is 7.11 Å². The minimum atomic E-state index is -0.527. The van der Waals surface area contributed by atoms with Crippen LogP contribution in [0, 0.1) is 11.8 Å². The highest BCUT2D eigenvalue weighted by molar-refractivity contribution is 5.75. The van der Waals surface area contributed by atoms with Crippen LogP contribution in [-0.4, -0.2) is 19.1 Å². The Morgan fingerprint density at radius 1 is 1.73 bits per heavy atom. The van der Waals surface area contributed by atoms with Crippen molar-refractivity contribution in [2.45, 2.75) is 25.8 Å². The Balaban J connectivity index is 3.57. The maximum Gasteiger partial charge on any atom is 0.322 e. The topological polar surface area (TPSA) is 52.3 Å². The van der Waals surface area contributed by atoms with E-state index < -0.39 is 6.04 Å². The third-order valence-corrected chi connectivity index (χ3v) is 1.26. The highest BCUT2D eigenvalue weighted by atomic mass is 16.5.